The molecule has 0 bridgehead atoms. The molecule has 0 spiro atoms. The van der Waals surface area contributed by atoms with Gasteiger partial charge in [0.2, 0.25) is 0 Å². The first-order valence-corrected chi connectivity index (χ1v) is 6.27. The highest BCUT2D eigenvalue weighted by Crippen LogP contribution is 2.20. The van der Waals surface area contributed by atoms with Crippen molar-refractivity contribution in [3.05, 3.63) is 30.0 Å². The van der Waals surface area contributed by atoms with E-state index in [2.05, 4.69) is 10.3 Å². The second kappa shape index (κ2) is 6.24. The van der Waals surface area contributed by atoms with Gasteiger partial charge in [-0.2, -0.15) is 0 Å². The number of fused-ring (bicyclic) bond motifs is 1. The SMILES string of the molecule is CCOC(=O)c1cc2cc(NCCOC)ccc2[nH]1. The number of esters is 1. The van der Waals surface area contributed by atoms with Gasteiger partial charge in [-0.25, -0.2) is 4.79 Å². The maximum Gasteiger partial charge on any atom is 0.354 e. The van der Waals surface area contributed by atoms with Crippen LogP contribution in [-0.4, -0.2) is 37.8 Å². The smallest absolute Gasteiger partial charge is 0.354 e. The normalized spacial score (nSPS) is 10.6. The summed E-state index contributed by atoms with van der Waals surface area (Å²) < 4.78 is 9.95. The van der Waals surface area contributed by atoms with Gasteiger partial charge in [0, 0.05) is 30.2 Å². The van der Waals surface area contributed by atoms with Crippen molar-refractivity contribution >= 4 is 22.6 Å². The second-order valence-electron chi connectivity index (χ2n) is 4.13. The fourth-order valence-electron chi connectivity index (χ4n) is 1.86. The first-order valence-electron chi connectivity index (χ1n) is 6.27. The Kier molecular flexibility index (Phi) is 4.41. The molecule has 2 rings (SSSR count). The van der Waals surface area contributed by atoms with Crippen molar-refractivity contribution in [2.75, 3.05) is 32.2 Å². The Morgan fingerprint density at radius 3 is 2.95 bits per heavy atom. The molecular weight excluding hydrogens is 244 g/mol. The fraction of sp³-hybridized carbons (Fsp3) is 0.357. The van der Waals surface area contributed by atoms with E-state index < -0.39 is 0 Å². The zero-order valence-corrected chi connectivity index (χ0v) is 11.2. The molecule has 0 atom stereocenters. The average molecular weight is 262 g/mol. The number of hydrogen-bond acceptors (Lipinski definition) is 4. The number of methoxy groups -OCH3 is 1. The number of nitrogens with one attached hydrogen (secondary N) is 2. The van der Waals surface area contributed by atoms with Crippen LogP contribution in [0.15, 0.2) is 24.3 Å². The number of anilines is 1. The van der Waals surface area contributed by atoms with Gasteiger partial charge in [-0.3, -0.25) is 0 Å². The summed E-state index contributed by atoms with van der Waals surface area (Å²) in [5.74, 6) is -0.326. The Balaban J connectivity index is 2.16. The molecule has 0 amide bonds. The minimum atomic E-state index is -0.326. The molecule has 0 aliphatic carbocycles. The Bertz CT molecular complexity index is 563. The third kappa shape index (κ3) is 3.26. The molecule has 0 saturated heterocycles. The molecule has 1 heterocycles. The van der Waals surface area contributed by atoms with Crippen LogP contribution in [0.1, 0.15) is 17.4 Å². The summed E-state index contributed by atoms with van der Waals surface area (Å²) in [4.78, 5) is 14.7. The second-order valence-corrected chi connectivity index (χ2v) is 4.13. The lowest BCUT2D eigenvalue weighted by molar-refractivity contribution is 0.0520. The van der Waals surface area contributed by atoms with Crippen LogP contribution >= 0.6 is 0 Å². The van der Waals surface area contributed by atoms with Crippen molar-refractivity contribution in [2.45, 2.75) is 6.92 Å². The van der Waals surface area contributed by atoms with E-state index in [0.29, 0.717) is 18.9 Å². The molecule has 0 radical (unpaired) electrons. The molecular formula is C14H18N2O3. The molecule has 1 aromatic carbocycles. The van der Waals surface area contributed by atoms with Crippen molar-refractivity contribution in [1.29, 1.82) is 0 Å². The Labute approximate surface area is 111 Å². The van der Waals surface area contributed by atoms with E-state index in [-0.39, 0.29) is 5.97 Å². The van der Waals surface area contributed by atoms with E-state index in [0.717, 1.165) is 23.1 Å². The highest BCUT2D eigenvalue weighted by atomic mass is 16.5. The predicted octanol–water partition coefficient (Wildman–Crippen LogP) is 2.40. The number of rotatable bonds is 6. The van der Waals surface area contributed by atoms with E-state index in [4.69, 9.17) is 9.47 Å². The van der Waals surface area contributed by atoms with Gasteiger partial charge in [-0.05, 0) is 31.2 Å². The quantitative estimate of drug-likeness (QED) is 0.620. The van der Waals surface area contributed by atoms with Gasteiger partial charge in [0.1, 0.15) is 5.69 Å². The first kappa shape index (κ1) is 13.4. The number of carbonyl (C=O) groups is 1. The Hall–Kier alpha value is -2.01. The number of carbonyl (C=O) groups excluding carboxylic acids is 1. The first-order chi connectivity index (χ1) is 9.24. The Morgan fingerprint density at radius 1 is 1.37 bits per heavy atom. The van der Waals surface area contributed by atoms with Gasteiger partial charge in [0.05, 0.1) is 13.2 Å². The molecule has 1 aromatic heterocycles. The zero-order chi connectivity index (χ0) is 13.7. The summed E-state index contributed by atoms with van der Waals surface area (Å²) in [5.41, 5.74) is 2.39. The van der Waals surface area contributed by atoms with Gasteiger partial charge >= 0.3 is 5.97 Å². The molecule has 0 aliphatic rings. The van der Waals surface area contributed by atoms with Crippen molar-refractivity contribution in [1.82, 2.24) is 4.98 Å². The third-order valence-corrected chi connectivity index (χ3v) is 2.75. The van der Waals surface area contributed by atoms with Crippen LogP contribution < -0.4 is 5.32 Å². The average Bonchev–Trinajstić information content (AvgIpc) is 2.82. The monoisotopic (exact) mass is 262 g/mol. The lowest BCUT2D eigenvalue weighted by atomic mass is 10.2. The molecule has 0 aliphatic heterocycles. The van der Waals surface area contributed by atoms with Crippen LogP contribution in [0.25, 0.3) is 10.9 Å². The summed E-state index contributed by atoms with van der Waals surface area (Å²) in [5, 5.41) is 4.22. The summed E-state index contributed by atoms with van der Waals surface area (Å²) in [7, 11) is 1.67. The van der Waals surface area contributed by atoms with Crippen LogP contribution in [-0.2, 0) is 9.47 Å². The molecule has 0 fully saturated rings. The summed E-state index contributed by atoms with van der Waals surface area (Å²) in [6.07, 6.45) is 0. The topological polar surface area (TPSA) is 63.4 Å². The van der Waals surface area contributed by atoms with Gasteiger partial charge < -0.3 is 19.8 Å². The van der Waals surface area contributed by atoms with Crippen LogP contribution in [0.5, 0.6) is 0 Å². The van der Waals surface area contributed by atoms with E-state index in [1.165, 1.54) is 0 Å². The maximum absolute atomic E-state index is 11.6. The lowest BCUT2D eigenvalue weighted by Gasteiger charge is -2.05. The highest BCUT2D eigenvalue weighted by Gasteiger charge is 2.10. The molecule has 0 saturated carbocycles. The van der Waals surface area contributed by atoms with Crippen LogP contribution in [0.3, 0.4) is 0 Å². The minimum absolute atomic E-state index is 0.326. The van der Waals surface area contributed by atoms with Crippen LogP contribution in [0, 0.1) is 0 Å². The number of ether oxygens (including phenoxy) is 2. The van der Waals surface area contributed by atoms with Crippen molar-refractivity contribution in [3.63, 3.8) is 0 Å². The standard InChI is InChI=1S/C14H18N2O3/c1-3-19-14(17)13-9-10-8-11(15-6-7-18-2)4-5-12(10)16-13/h4-5,8-9,15-16H,3,6-7H2,1-2H3. The van der Waals surface area contributed by atoms with Crippen LogP contribution in [0.2, 0.25) is 0 Å². The number of aromatic amines is 1. The molecule has 5 heteroatoms. The number of benzene rings is 1. The fourth-order valence-corrected chi connectivity index (χ4v) is 1.86. The van der Waals surface area contributed by atoms with Gasteiger partial charge in [-0.15, -0.1) is 0 Å². The number of H-pyrrole nitrogens is 1. The summed E-state index contributed by atoms with van der Waals surface area (Å²) in [6, 6.07) is 7.69. The largest absolute Gasteiger partial charge is 0.461 e. The predicted molar refractivity (Wildman–Crippen MR) is 74.6 cm³/mol. The van der Waals surface area contributed by atoms with Crippen LogP contribution in [0.4, 0.5) is 5.69 Å². The third-order valence-electron chi connectivity index (χ3n) is 2.75. The van der Waals surface area contributed by atoms with E-state index in [1.54, 1.807) is 20.1 Å². The minimum Gasteiger partial charge on any atom is -0.461 e. The van der Waals surface area contributed by atoms with Crippen molar-refractivity contribution in [3.8, 4) is 0 Å². The molecule has 2 aromatic rings. The zero-order valence-electron chi connectivity index (χ0n) is 11.2. The van der Waals surface area contributed by atoms with E-state index in [9.17, 15) is 4.79 Å². The summed E-state index contributed by atoms with van der Waals surface area (Å²) >= 11 is 0. The molecule has 19 heavy (non-hydrogen) atoms. The molecule has 2 N–H and O–H groups in total. The van der Waals surface area contributed by atoms with E-state index in [1.807, 2.05) is 18.2 Å². The van der Waals surface area contributed by atoms with Crippen molar-refractivity contribution < 1.29 is 14.3 Å². The van der Waals surface area contributed by atoms with Gasteiger partial charge in [0.25, 0.3) is 0 Å². The molecule has 102 valence electrons. The molecule has 5 nitrogen and oxygen atoms in total. The summed E-state index contributed by atoms with van der Waals surface area (Å²) in [6.45, 7) is 3.56. The van der Waals surface area contributed by atoms with Gasteiger partial charge in [-0.1, -0.05) is 0 Å². The lowest BCUT2D eigenvalue weighted by Crippen LogP contribution is -2.07. The maximum atomic E-state index is 11.6. The van der Waals surface area contributed by atoms with Gasteiger partial charge in [0.15, 0.2) is 0 Å². The Morgan fingerprint density at radius 2 is 2.21 bits per heavy atom. The number of aromatic nitrogens is 1. The van der Waals surface area contributed by atoms with Crippen molar-refractivity contribution in [2.24, 2.45) is 0 Å². The highest BCUT2D eigenvalue weighted by molar-refractivity contribution is 5.95. The number of hydrogen-bond donors (Lipinski definition) is 2. The van der Waals surface area contributed by atoms with E-state index >= 15 is 0 Å². The molecule has 0 unspecified atom stereocenters.